The summed E-state index contributed by atoms with van der Waals surface area (Å²) in [5, 5.41) is 2.39. The lowest BCUT2D eigenvalue weighted by Crippen LogP contribution is -1.83. The Labute approximate surface area is 103 Å². The number of pyridine rings is 1. The highest BCUT2D eigenvalue weighted by Gasteiger charge is 2.01. The van der Waals surface area contributed by atoms with Gasteiger partial charge in [0.1, 0.15) is 10.3 Å². The molecule has 0 aliphatic carbocycles. The smallest absolute Gasteiger partial charge is 0.138 e. The molecule has 0 spiro atoms. The minimum Gasteiger partial charge on any atom is -0.305 e. The first-order valence-corrected chi connectivity index (χ1v) is 6.04. The van der Waals surface area contributed by atoms with Gasteiger partial charge in [-0.25, -0.2) is 4.98 Å². The predicted octanol–water partition coefficient (Wildman–Crippen LogP) is 4.01. The van der Waals surface area contributed by atoms with Crippen molar-refractivity contribution in [1.82, 2.24) is 9.38 Å². The van der Waals surface area contributed by atoms with Crippen LogP contribution in [0.15, 0.2) is 45.7 Å². The molecule has 0 aliphatic heterocycles. The number of fused-ring (bicyclic) bond motifs is 2. The SMILES string of the molecule is Brc1ccc2cn3cc(Br)nc3cc2c1. The zero-order valence-corrected chi connectivity index (χ0v) is 10.8. The summed E-state index contributed by atoms with van der Waals surface area (Å²) in [6.07, 6.45) is 4.03. The molecule has 0 radical (unpaired) electrons. The van der Waals surface area contributed by atoms with E-state index in [1.807, 2.05) is 16.7 Å². The van der Waals surface area contributed by atoms with E-state index in [4.69, 9.17) is 0 Å². The minimum absolute atomic E-state index is 0.858. The van der Waals surface area contributed by atoms with Gasteiger partial charge in [0.05, 0.1) is 0 Å². The van der Waals surface area contributed by atoms with Gasteiger partial charge >= 0.3 is 0 Å². The highest BCUT2D eigenvalue weighted by molar-refractivity contribution is 9.10. The molecule has 0 amide bonds. The van der Waals surface area contributed by atoms with Gasteiger partial charge in [-0.3, -0.25) is 0 Å². The Morgan fingerprint density at radius 1 is 1.00 bits per heavy atom. The third-order valence-corrected chi connectivity index (χ3v) is 3.22. The van der Waals surface area contributed by atoms with Crippen LogP contribution < -0.4 is 0 Å². The molecule has 3 aromatic rings. The molecule has 0 aliphatic rings. The Hall–Kier alpha value is -0.870. The molecule has 0 unspecified atom stereocenters. The van der Waals surface area contributed by atoms with Crippen LogP contribution in [-0.2, 0) is 0 Å². The Bertz CT molecular complexity index is 658. The van der Waals surface area contributed by atoms with Gasteiger partial charge in [0.2, 0.25) is 0 Å². The number of hydrogen-bond donors (Lipinski definition) is 0. The minimum atomic E-state index is 0.858. The fourth-order valence-corrected chi connectivity index (χ4v) is 2.45. The number of aromatic nitrogens is 2. The molecule has 1 aromatic carbocycles. The Balaban J connectivity index is 2.46. The van der Waals surface area contributed by atoms with Crippen LogP contribution in [0.3, 0.4) is 0 Å². The van der Waals surface area contributed by atoms with Crippen molar-refractivity contribution in [3.8, 4) is 0 Å². The number of imidazole rings is 1. The second-order valence-corrected chi connectivity index (χ2v) is 5.10. The fourth-order valence-electron chi connectivity index (χ4n) is 1.66. The molecule has 15 heavy (non-hydrogen) atoms. The molecule has 3 rings (SSSR count). The number of hydrogen-bond acceptors (Lipinski definition) is 1. The van der Waals surface area contributed by atoms with E-state index in [2.05, 4.69) is 61.2 Å². The van der Waals surface area contributed by atoms with Crippen molar-refractivity contribution >= 4 is 48.3 Å². The van der Waals surface area contributed by atoms with Gasteiger partial charge in [0.25, 0.3) is 0 Å². The van der Waals surface area contributed by atoms with Crippen LogP contribution in [0.1, 0.15) is 0 Å². The molecule has 0 saturated heterocycles. The van der Waals surface area contributed by atoms with E-state index in [-0.39, 0.29) is 0 Å². The van der Waals surface area contributed by atoms with Gasteiger partial charge < -0.3 is 4.40 Å². The van der Waals surface area contributed by atoms with Gasteiger partial charge in [-0.15, -0.1) is 0 Å². The van der Waals surface area contributed by atoms with Crippen LogP contribution in [0.4, 0.5) is 0 Å². The average Bonchev–Trinajstić information content (AvgIpc) is 2.53. The van der Waals surface area contributed by atoms with Gasteiger partial charge in [-0.2, -0.15) is 0 Å². The summed E-state index contributed by atoms with van der Waals surface area (Å²) in [7, 11) is 0. The van der Waals surface area contributed by atoms with Crippen LogP contribution in [0.25, 0.3) is 16.4 Å². The summed E-state index contributed by atoms with van der Waals surface area (Å²) >= 11 is 6.84. The largest absolute Gasteiger partial charge is 0.305 e. The fraction of sp³-hybridized carbons (Fsp3) is 0. The summed E-state index contributed by atoms with van der Waals surface area (Å²) in [4.78, 5) is 4.36. The molecule has 0 fully saturated rings. The Morgan fingerprint density at radius 3 is 2.73 bits per heavy atom. The molecule has 2 heterocycles. The summed E-state index contributed by atoms with van der Waals surface area (Å²) < 4.78 is 3.96. The first-order valence-electron chi connectivity index (χ1n) is 4.46. The predicted molar refractivity (Wildman–Crippen MR) is 68.1 cm³/mol. The van der Waals surface area contributed by atoms with E-state index in [1.165, 1.54) is 10.8 Å². The van der Waals surface area contributed by atoms with Crippen molar-refractivity contribution in [3.63, 3.8) is 0 Å². The third kappa shape index (κ3) is 1.58. The molecule has 0 saturated carbocycles. The first kappa shape index (κ1) is 9.36. The second kappa shape index (κ2) is 3.32. The van der Waals surface area contributed by atoms with Crippen LogP contribution in [-0.4, -0.2) is 9.38 Å². The molecule has 74 valence electrons. The maximum Gasteiger partial charge on any atom is 0.138 e. The maximum absolute atomic E-state index is 4.36. The lowest BCUT2D eigenvalue weighted by molar-refractivity contribution is 1.21. The molecule has 2 nitrogen and oxygen atoms in total. The van der Waals surface area contributed by atoms with Crippen molar-refractivity contribution in [2.75, 3.05) is 0 Å². The molecule has 4 heteroatoms. The van der Waals surface area contributed by atoms with E-state index in [9.17, 15) is 0 Å². The molecule has 0 bridgehead atoms. The summed E-state index contributed by atoms with van der Waals surface area (Å²) in [5.41, 5.74) is 0.951. The average molecular weight is 326 g/mol. The molecule has 0 N–H and O–H groups in total. The van der Waals surface area contributed by atoms with Crippen molar-refractivity contribution in [3.05, 3.63) is 45.7 Å². The van der Waals surface area contributed by atoms with Gasteiger partial charge in [0.15, 0.2) is 0 Å². The number of benzene rings is 1. The van der Waals surface area contributed by atoms with Crippen molar-refractivity contribution in [2.45, 2.75) is 0 Å². The van der Waals surface area contributed by atoms with Crippen molar-refractivity contribution in [2.24, 2.45) is 0 Å². The van der Waals surface area contributed by atoms with Crippen molar-refractivity contribution < 1.29 is 0 Å². The normalized spacial score (nSPS) is 11.3. The monoisotopic (exact) mass is 324 g/mol. The van der Waals surface area contributed by atoms with Gasteiger partial charge in [-0.1, -0.05) is 22.0 Å². The summed E-state index contributed by atoms with van der Waals surface area (Å²) in [5.74, 6) is 0. The summed E-state index contributed by atoms with van der Waals surface area (Å²) in [6.45, 7) is 0. The lowest BCUT2D eigenvalue weighted by atomic mass is 10.2. The molecular weight excluding hydrogens is 320 g/mol. The Kier molecular flexibility index (Phi) is 2.07. The third-order valence-electron chi connectivity index (χ3n) is 2.34. The number of rotatable bonds is 0. The highest BCUT2D eigenvalue weighted by Crippen LogP contribution is 2.22. The van der Waals surface area contributed by atoms with Crippen molar-refractivity contribution in [1.29, 1.82) is 0 Å². The van der Waals surface area contributed by atoms with Gasteiger partial charge in [0, 0.05) is 16.9 Å². The molecule has 0 atom stereocenters. The van der Waals surface area contributed by atoms with E-state index < -0.39 is 0 Å². The standard InChI is InChI=1S/C11H6Br2N2/c12-9-2-1-7-5-15-6-10(13)14-11(15)4-8(7)3-9/h1-6H. The first-order chi connectivity index (χ1) is 7.22. The van der Waals surface area contributed by atoms with Crippen LogP contribution >= 0.6 is 31.9 Å². The van der Waals surface area contributed by atoms with Crippen LogP contribution in [0.2, 0.25) is 0 Å². The van der Waals surface area contributed by atoms with Crippen LogP contribution in [0.5, 0.6) is 0 Å². The zero-order chi connectivity index (χ0) is 10.4. The topological polar surface area (TPSA) is 17.3 Å². The number of halogens is 2. The Morgan fingerprint density at radius 2 is 1.87 bits per heavy atom. The van der Waals surface area contributed by atoms with E-state index in [1.54, 1.807) is 0 Å². The number of nitrogens with zero attached hydrogens (tertiary/aromatic N) is 2. The van der Waals surface area contributed by atoms with E-state index in [0.29, 0.717) is 0 Å². The maximum atomic E-state index is 4.36. The lowest BCUT2D eigenvalue weighted by Gasteiger charge is -1.99. The zero-order valence-electron chi connectivity index (χ0n) is 7.61. The van der Waals surface area contributed by atoms with E-state index in [0.717, 1.165) is 14.7 Å². The van der Waals surface area contributed by atoms with Gasteiger partial charge in [-0.05, 0) is 44.9 Å². The van der Waals surface area contributed by atoms with Crippen LogP contribution in [0, 0.1) is 0 Å². The molecular formula is C11H6Br2N2. The van der Waals surface area contributed by atoms with E-state index >= 15 is 0 Å². The molecule has 2 aromatic heterocycles. The second-order valence-electron chi connectivity index (χ2n) is 3.38. The highest BCUT2D eigenvalue weighted by atomic mass is 79.9. The quantitative estimate of drug-likeness (QED) is 0.610. The summed E-state index contributed by atoms with van der Waals surface area (Å²) in [6, 6.07) is 8.30.